The number of thioether (sulfide) groups is 1. The van der Waals surface area contributed by atoms with Crippen LogP contribution in [-0.4, -0.2) is 18.8 Å². The lowest BCUT2D eigenvalue weighted by atomic mass is 10.1. The molecule has 0 heterocycles. The fourth-order valence-electron chi connectivity index (χ4n) is 2.04. The van der Waals surface area contributed by atoms with Crippen LogP contribution in [0.4, 0.5) is 0 Å². The molecule has 0 bridgehead atoms. The Kier molecular flexibility index (Phi) is 8.19. The van der Waals surface area contributed by atoms with Gasteiger partial charge in [0.15, 0.2) is 0 Å². The molecule has 0 radical (unpaired) electrons. The molecule has 0 aliphatic rings. The Bertz CT molecular complexity index is 325. The highest BCUT2D eigenvalue weighted by Crippen LogP contribution is 2.23. The minimum Gasteiger partial charge on any atom is -0.316 e. The third kappa shape index (κ3) is 5.92. The van der Waals surface area contributed by atoms with Crippen LogP contribution in [0.25, 0.3) is 0 Å². The van der Waals surface area contributed by atoms with E-state index in [9.17, 15) is 0 Å². The molecule has 1 rings (SSSR count). The Morgan fingerprint density at radius 2 is 1.94 bits per heavy atom. The van der Waals surface area contributed by atoms with Crippen molar-refractivity contribution in [1.82, 2.24) is 5.32 Å². The summed E-state index contributed by atoms with van der Waals surface area (Å²) in [4.78, 5) is 1.42. The van der Waals surface area contributed by atoms with Crippen LogP contribution in [0.15, 0.2) is 29.2 Å². The van der Waals surface area contributed by atoms with Crippen LogP contribution in [0, 0.1) is 6.92 Å². The van der Waals surface area contributed by atoms with Crippen LogP contribution in [-0.2, 0) is 0 Å². The van der Waals surface area contributed by atoms with Crippen LogP contribution < -0.4 is 5.32 Å². The van der Waals surface area contributed by atoms with Crippen molar-refractivity contribution in [3.05, 3.63) is 29.8 Å². The molecular formula is C16H27NS. The summed E-state index contributed by atoms with van der Waals surface area (Å²) in [6, 6.07) is 9.30. The number of hydrogen-bond donors (Lipinski definition) is 1. The molecule has 1 unspecified atom stereocenters. The lowest BCUT2D eigenvalue weighted by Gasteiger charge is -2.16. The molecule has 0 aliphatic carbocycles. The molecule has 1 atom stereocenters. The molecule has 0 aromatic heterocycles. The summed E-state index contributed by atoms with van der Waals surface area (Å²) in [5.74, 6) is 1.17. The molecule has 1 nitrogen and oxygen atoms in total. The normalized spacial score (nSPS) is 12.6. The van der Waals surface area contributed by atoms with Crippen LogP contribution in [0.5, 0.6) is 0 Å². The van der Waals surface area contributed by atoms with Gasteiger partial charge in [-0.05, 0) is 32.0 Å². The molecule has 0 aliphatic heterocycles. The van der Waals surface area contributed by atoms with Crippen molar-refractivity contribution in [3.63, 3.8) is 0 Å². The summed E-state index contributed by atoms with van der Waals surface area (Å²) in [6.07, 6.45) is 6.73. The molecule has 0 amide bonds. The van der Waals surface area contributed by atoms with E-state index in [4.69, 9.17) is 0 Å². The quantitative estimate of drug-likeness (QED) is 0.515. The Hall–Kier alpha value is -0.470. The summed E-state index contributed by atoms with van der Waals surface area (Å²) in [6.45, 7) is 4.46. The highest BCUT2D eigenvalue weighted by atomic mass is 32.2. The highest BCUT2D eigenvalue weighted by Gasteiger charge is 2.07. The monoisotopic (exact) mass is 265 g/mol. The molecule has 2 heteroatoms. The summed E-state index contributed by atoms with van der Waals surface area (Å²) in [7, 11) is 2.09. The molecule has 1 N–H and O–H groups in total. The maximum absolute atomic E-state index is 3.45. The number of rotatable bonds is 9. The van der Waals surface area contributed by atoms with Crippen LogP contribution in [0.1, 0.15) is 44.6 Å². The van der Waals surface area contributed by atoms with Crippen molar-refractivity contribution in [1.29, 1.82) is 0 Å². The maximum Gasteiger partial charge on any atom is 0.0158 e. The third-order valence-electron chi connectivity index (χ3n) is 3.35. The number of hydrogen-bond acceptors (Lipinski definition) is 2. The molecule has 102 valence electrons. The molecule has 0 saturated carbocycles. The predicted molar refractivity (Wildman–Crippen MR) is 83.5 cm³/mol. The van der Waals surface area contributed by atoms with E-state index in [1.54, 1.807) is 0 Å². The van der Waals surface area contributed by atoms with Crippen molar-refractivity contribution in [2.75, 3.05) is 12.8 Å². The van der Waals surface area contributed by atoms with Crippen LogP contribution in [0.2, 0.25) is 0 Å². The average Bonchev–Trinajstić information content (AvgIpc) is 2.40. The summed E-state index contributed by atoms with van der Waals surface area (Å²) >= 11 is 1.98. The predicted octanol–water partition coefficient (Wildman–Crippen LogP) is 4.65. The summed E-state index contributed by atoms with van der Waals surface area (Å²) in [5, 5.41) is 3.45. The Balaban J connectivity index is 2.29. The Labute approximate surface area is 117 Å². The van der Waals surface area contributed by atoms with Gasteiger partial charge >= 0.3 is 0 Å². The fraction of sp³-hybridized carbons (Fsp3) is 0.625. The van der Waals surface area contributed by atoms with Crippen LogP contribution in [0.3, 0.4) is 0 Å². The van der Waals surface area contributed by atoms with Gasteiger partial charge in [-0.1, -0.05) is 50.8 Å². The van der Waals surface area contributed by atoms with Gasteiger partial charge < -0.3 is 5.32 Å². The second-order valence-electron chi connectivity index (χ2n) is 4.91. The standard InChI is InChI=1S/C16H27NS/c1-4-5-6-7-11-15(17-3)13-18-16-12-9-8-10-14(16)2/h8-10,12,15,17H,4-7,11,13H2,1-3H3. The molecule has 0 spiro atoms. The summed E-state index contributed by atoms with van der Waals surface area (Å²) < 4.78 is 0. The van der Waals surface area contributed by atoms with Gasteiger partial charge in [-0.2, -0.15) is 0 Å². The van der Waals surface area contributed by atoms with Gasteiger partial charge in [0.05, 0.1) is 0 Å². The fourth-order valence-corrected chi connectivity index (χ4v) is 3.22. The maximum atomic E-state index is 3.45. The number of aryl methyl sites for hydroxylation is 1. The molecule has 0 fully saturated rings. The Morgan fingerprint density at radius 1 is 1.17 bits per heavy atom. The van der Waals surface area contributed by atoms with E-state index < -0.39 is 0 Å². The van der Waals surface area contributed by atoms with Gasteiger partial charge in [0, 0.05) is 16.7 Å². The summed E-state index contributed by atoms with van der Waals surface area (Å²) in [5.41, 5.74) is 1.39. The third-order valence-corrected chi connectivity index (χ3v) is 4.69. The average molecular weight is 265 g/mol. The molecule has 1 aromatic carbocycles. The second-order valence-corrected chi connectivity index (χ2v) is 5.97. The zero-order valence-electron chi connectivity index (χ0n) is 12.0. The first-order chi connectivity index (χ1) is 8.77. The van der Waals surface area contributed by atoms with Crippen molar-refractivity contribution in [2.24, 2.45) is 0 Å². The van der Waals surface area contributed by atoms with Crippen molar-refractivity contribution in [3.8, 4) is 0 Å². The zero-order valence-corrected chi connectivity index (χ0v) is 12.9. The van der Waals surface area contributed by atoms with Gasteiger partial charge in [0.1, 0.15) is 0 Å². The molecular weight excluding hydrogens is 238 g/mol. The lowest BCUT2D eigenvalue weighted by molar-refractivity contribution is 0.523. The van der Waals surface area contributed by atoms with E-state index in [1.807, 2.05) is 11.8 Å². The largest absolute Gasteiger partial charge is 0.316 e. The van der Waals surface area contributed by atoms with E-state index in [-0.39, 0.29) is 0 Å². The number of nitrogens with one attached hydrogen (secondary N) is 1. The Morgan fingerprint density at radius 3 is 2.61 bits per heavy atom. The van der Waals surface area contributed by atoms with Gasteiger partial charge in [-0.15, -0.1) is 11.8 Å². The number of benzene rings is 1. The first-order valence-corrected chi connectivity index (χ1v) is 8.12. The van der Waals surface area contributed by atoms with Gasteiger partial charge in [0.2, 0.25) is 0 Å². The minimum atomic E-state index is 0.645. The van der Waals surface area contributed by atoms with E-state index in [1.165, 1.54) is 48.3 Å². The first-order valence-electron chi connectivity index (χ1n) is 7.13. The van der Waals surface area contributed by atoms with Gasteiger partial charge in [0.25, 0.3) is 0 Å². The van der Waals surface area contributed by atoms with Gasteiger partial charge in [-0.25, -0.2) is 0 Å². The van der Waals surface area contributed by atoms with Crippen molar-refractivity contribution in [2.45, 2.75) is 56.9 Å². The van der Waals surface area contributed by atoms with Crippen molar-refractivity contribution >= 4 is 11.8 Å². The highest BCUT2D eigenvalue weighted by molar-refractivity contribution is 7.99. The smallest absolute Gasteiger partial charge is 0.0158 e. The van der Waals surface area contributed by atoms with E-state index in [0.717, 1.165) is 0 Å². The zero-order chi connectivity index (χ0) is 13.2. The van der Waals surface area contributed by atoms with E-state index >= 15 is 0 Å². The van der Waals surface area contributed by atoms with E-state index in [0.29, 0.717) is 6.04 Å². The first kappa shape index (κ1) is 15.6. The second kappa shape index (κ2) is 9.46. The topological polar surface area (TPSA) is 12.0 Å². The SMILES string of the molecule is CCCCCCC(CSc1ccccc1C)NC. The lowest BCUT2D eigenvalue weighted by Crippen LogP contribution is -2.27. The minimum absolute atomic E-state index is 0.645. The molecule has 18 heavy (non-hydrogen) atoms. The van der Waals surface area contributed by atoms with Gasteiger partial charge in [-0.3, -0.25) is 0 Å². The molecule has 1 aromatic rings. The van der Waals surface area contributed by atoms with E-state index in [2.05, 4.69) is 50.5 Å². The molecule has 0 saturated heterocycles. The van der Waals surface area contributed by atoms with Crippen molar-refractivity contribution < 1.29 is 0 Å². The van der Waals surface area contributed by atoms with Crippen LogP contribution >= 0.6 is 11.8 Å². The number of unbranched alkanes of at least 4 members (excludes halogenated alkanes) is 3.